The highest BCUT2D eigenvalue weighted by molar-refractivity contribution is 6.36. The lowest BCUT2D eigenvalue weighted by molar-refractivity contribution is 0.0982. The Morgan fingerprint density at radius 3 is 2.38 bits per heavy atom. The first kappa shape index (κ1) is 20.4. The average Bonchev–Trinajstić information content (AvgIpc) is 3.29. The first-order valence-electron chi connectivity index (χ1n) is 9.95. The SMILES string of the molecule is O=C(Nc1ccc(C(=O)N2Cc3cccn3-c3ccccc32)cc1)c1cc(Cl)ccc1Cl. The van der Waals surface area contributed by atoms with Crippen molar-refractivity contribution in [3.63, 3.8) is 0 Å². The van der Waals surface area contributed by atoms with E-state index >= 15 is 0 Å². The average molecular weight is 462 g/mol. The minimum Gasteiger partial charge on any atom is -0.322 e. The van der Waals surface area contributed by atoms with Crippen LogP contribution < -0.4 is 10.2 Å². The van der Waals surface area contributed by atoms with Crippen molar-refractivity contribution >= 4 is 46.4 Å². The number of rotatable bonds is 3. The van der Waals surface area contributed by atoms with Crippen LogP contribution in [0, 0.1) is 0 Å². The molecule has 5 rings (SSSR count). The van der Waals surface area contributed by atoms with Gasteiger partial charge in [0, 0.05) is 28.2 Å². The van der Waals surface area contributed by atoms with Crippen molar-refractivity contribution in [2.75, 3.05) is 10.2 Å². The van der Waals surface area contributed by atoms with Gasteiger partial charge < -0.3 is 14.8 Å². The maximum Gasteiger partial charge on any atom is 0.258 e. The molecular weight excluding hydrogens is 445 g/mol. The van der Waals surface area contributed by atoms with Crippen LogP contribution in [0.15, 0.2) is 85.1 Å². The molecule has 5 nitrogen and oxygen atoms in total. The second-order valence-corrected chi connectivity index (χ2v) is 8.25. The molecule has 0 spiro atoms. The minimum atomic E-state index is -0.373. The first-order valence-corrected chi connectivity index (χ1v) is 10.7. The summed E-state index contributed by atoms with van der Waals surface area (Å²) in [7, 11) is 0. The number of amides is 2. The molecule has 2 amide bonds. The second-order valence-electron chi connectivity index (χ2n) is 7.41. The molecule has 0 saturated carbocycles. The molecule has 0 saturated heterocycles. The van der Waals surface area contributed by atoms with Gasteiger partial charge in [0.2, 0.25) is 0 Å². The Hall–Kier alpha value is -3.54. The van der Waals surface area contributed by atoms with Gasteiger partial charge in [-0.3, -0.25) is 9.59 Å². The molecule has 0 bridgehead atoms. The molecular formula is C25H17Cl2N3O2. The molecule has 1 aliphatic heterocycles. The Morgan fingerprint density at radius 1 is 0.844 bits per heavy atom. The molecule has 0 aliphatic carbocycles. The monoisotopic (exact) mass is 461 g/mol. The largest absolute Gasteiger partial charge is 0.322 e. The van der Waals surface area contributed by atoms with E-state index in [0.29, 0.717) is 27.8 Å². The maximum atomic E-state index is 13.3. The minimum absolute atomic E-state index is 0.110. The van der Waals surface area contributed by atoms with E-state index in [9.17, 15) is 9.59 Å². The summed E-state index contributed by atoms with van der Waals surface area (Å²) < 4.78 is 2.10. The van der Waals surface area contributed by atoms with E-state index in [-0.39, 0.29) is 17.4 Å². The third-order valence-electron chi connectivity index (χ3n) is 5.39. The topological polar surface area (TPSA) is 54.3 Å². The number of nitrogens with one attached hydrogen (secondary N) is 1. The van der Waals surface area contributed by atoms with Gasteiger partial charge in [-0.1, -0.05) is 35.3 Å². The second kappa shape index (κ2) is 8.19. The molecule has 0 atom stereocenters. The summed E-state index contributed by atoms with van der Waals surface area (Å²) in [6.07, 6.45) is 2.00. The van der Waals surface area contributed by atoms with Crippen molar-refractivity contribution in [3.8, 4) is 5.69 Å². The number of fused-ring (bicyclic) bond motifs is 3. The van der Waals surface area contributed by atoms with Gasteiger partial charge in [0.1, 0.15) is 0 Å². The predicted octanol–water partition coefficient (Wildman–Crippen LogP) is 6.20. The summed E-state index contributed by atoms with van der Waals surface area (Å²) in [5.74, 6) is -0.483. The van der Waals surface area contributed by atoms with E-state index < -0.39 is 0 Å². The summed E-state index contributed by atoms with van der Waals surface area (Å²) in [6.45, 7) is 0.481. The molecule has 32 heavy (non-hydrogen) atoms. The highest BCUT2D eigenvalue weighted by Gasteiger charge is 2.26. The number of benzene rings is 3. The van der Waals surface area contributed by atoms with Gasteiger partial charge in [0.15, 0.2) is 0 Å². The van der Waals surface area contributed by atoms with Crippen LogP contribution in [0.1, 0.15) is 26.4 Å². The molecule has 0 fully saturated rings. The van der Waals surface area contributed by atoms with E-state index in [4.69, 9.17) is 23.2 Å². The number of hydrogen-bond donors (Lipinski definition) is 1. The summed E-state index contributed by atoms with van der Waals surface area (Å²) >= 11 is 12.1. The Bertz CT molecular complexity index is 1350. The van der Waals surface area contributed by atoms with Crippen molar-refractivity contribution in [1.82, 2.24) is 4.57 Å². The lowest BCUT2D eigenvalue weighted by atomic mass is 10.1. The lowest BCUT2D eigenvalue weighted by Crippen LogP contribution is -2.34. The van der Waals surface area contributed by atoms with Crippen molar-refractivity contribution < 1.29 is 9.59 Å². The maximum absolute atomic E-state index is 13.3. The van der Waals surface area contributed by atoms with Crippen LogP contribution in [-0.4, -0.2) is 16.4 Å². The van der Waals surface area contributed by atoms with Crippen molar-refractivity contribution in [2.45, 2.75) is 6.54 Å². The molecule has 1 aromatic heterocycles. The van der Waals surface area contributed by atoms with Crippen LogP contribution in [0.2, 0.25) is 10.0 Å². The molecule has 0 unspecified atom stereocenters. The summed E-state index contributed by atoms with van der Waals surface area (Å²) in [6, 6.07) is 23.3. The zero-order valence-corrected chi connectivity index (χ0v) is 18.3. The van der Waals surface area contributed by atoms with Gasteiger partial charge >= 0.3 is 0 Å². The quantitative estimate of drug-likeness (QED) is 0.394. The van der Waals surface area contributed by atoms with E-state index in [1.807, 2.05) is 42.6 Å². The fourth-order valence-corrected chi connectivity index (χ4v) is 4.20. The lowest BCUT2D eigenvalue weighted by Gasteiger charge is -2.31. The van der Waals surface area contributed by atoms with Crippen LogP contribution in [0.5, 0.6) is 0 Å². The Labute approximate surface area is 194 Å². The number of carbonyl (C=O) groups excluding carboxylic acids is 2. The molecule has 1 aliphatic rings. The number of para-hydroxylation sites is 2. The summed E-state index contributed by atoms with van der Waals surface area (Å²) in [5.41, 5.74) is 4.23. The number of carbonyl (C=O) groups is 2. The normalized spacial score (nSPS) is 12.1. The van der Waals surface area contributed by atoms with Gasteiger partial charge in [-0.05, 0) is 66.7 Å². The van der Waals surface area contributed by atoms with Crippen molar-refractivity contribution in [2.24, 2.45) is 0 Å². The van der Waals surface area contributed by atoms with Crippen LogP contribution in [-0.2, 0) is 6.54 Å². The molecule has 3 aromatic carbocycles. The van der Waals surface area contributed by atoms with Crippen LogP contribution in [0.3, 0.4) is 0 Å². The summed E-state index contributed by atoms with van der Waals surface area (Å²) in [4.78, 5) is 27.6. The number of hydrogen-bond acceptors (Lipinski definition) is 2. The van der Waals surface area contributed by atoms with Gasteiger partial charge in [0.25, 0.3) is 11.8 Å². The standard InChI is InChI=1S/C25H17Cl2N3O2/c26-17-9-12-21(27)20(14-17)24(31)28-18-10-7-16(8-11-18)25(32)30-15-19-4-3-13-29(19)22-5-1-2-6-23(22)30/h1-14H,15H2,(H,28,31). The number of halogens is 2. The fraction of sp³-hybridized carbons (Fsp3) is 0.0400. The zero-order chi connectivity index (χ0) is 22.2. The Kier molecular flexibility index (Phi) is 5.21. The van der Waals surface area contributed by atoms with Gasteiger partial charge in [-0.2, -0.15) is 0 Å². The zero-order valence-electron chi connectivity index (χ0n) is 16.8. The molecule has 2 heterocycles. The van der Waals surface area contributed by atoms with E-state index in [0.717, 1.165) is 17.1 Å². The van der Waals surface area contributed by atoms with E-state index in [1.165, 1.54) is 6.07 Å². The molecule has 1 N–H and O–H groups in total. The van der Waals surface area contributed by atoms with Gasteiger partial charge in [0.05, 0.1) is 28.5 Å². The van der Waals surface area contributed by atoms with Crippen molar-refractivity contribution in [1.29, 1.82) is 0 Å². The Balaban J connectivity index is 1.37. The molecule has 0 radical (unpaired) electrons. The van der Waals surface area contributed by atoms with E-state index in [1.54, 1.807) is 41.3 Å². The highest BCUT2D eigenvalue weighted by atomic mass is 35.5. The fourth-order valence-electron chi connectivity index (χ4n) is 3.83. The smallest absolute Gasteiger partial charge is 0.258 e. The number of aromatic nitrogens is 1. The van der Waals surface area contributed by atoms with Crippen LogP contribution in [0.25, 0.3) is 5.69 Å². The molecule has 158 valence electrons. The molecule has 4 aromatic rings. The van der Waals surface area contributed by atoms with Gasteiger partial charge in [-0.25, -0.2) is 0 Å². The number of anilines is 2. The summed E-state index contributed by atoms with van der Waals surface area (Å²) in [5, 5.41) is 3.52. The third-order valence-corrected chi connectivity index (χ3v) is 5.96. The third kappa shape index (κ3) is 3.66. The predicted molar refractivity (Wildman–Crippen MR) is 127 cm³/mol. The highest BCUT2D eigenvalue weighted by Crippen LogP contribution is 2.33. The first-order chi connectivity index (χ1) is 15.5. The van der Waals surface area contributed by atoms with Crippen LogP contribution >= 0.6 is 23.2 Å². The Morgan fingerprint density at radius 2 is 1.59 bits per heavy atom. The van der Waals surface area contributed by atoms with Crippen LogP contribution in [0.4, 0.5) is 11.4 Å². The van der Waals surface area contributed by atoms with Crippen molar-refractivity contribution in [3.05, 3.63) is 112 Å². The molecule has 7 heteroatoms. The van der Waals surface area contributed by atoms with E-state index in [2.05, 4.69) is 9.88 Å². The number of nitrogens with zero attached hydrogens (tertiary/aromatic N) is 2. The van der Waals surface area contributed by atoms with Gasteiger partial charge in [-0.15, -0.1) is 0 Å².